The van der Waals surface area contributed by atoms with Crippen molar-refractivity contribution < 1.29 is 0 Å². The van der Waals surface area contributed by atoms with Crippen LogP contribution in [0.2, 0.25) is 0 Å². The Bertz CT molecular complexity index is 396. The zero-order valence-corrected chi connectivity index (χ0v) is 12.7. The van der Waals surface area contributed by atoms with E-state index in [0.717, 1.165) is 19.6 Å². The summed E-state index contributed by atoms with van der Waals surface area (Å²) in [5, 5.41) is 3.33. The van der Waals surface area contributed by atoms with Crippen LogP contribution in [-0.4, -0.2) is 51.2 Å². The highest BCUT2D eigenvalue weighted by atomic mass is 15.2. The van der Waals surface area contributed by atoms with E-state index in [4.69, 9.17) is 0 Å². The molecule has 0 saturated carbocycles. The lowest BCUT2D eigenvalue weighted by atomic mass is 10.1. The van der Waals surface area contributed by atoms with Gasteiger partial charge in [0.1, 0.15) is 0 Å². The molecule has 0 amide bonds. The number of aryl methyl sites for hydroxylation is 2. The minimum Gasteiger partial charge on any atom is -0.369 e. The zero-order valence-electron chi connectivity index (χ0n) is 12.7. The number of para-hydroxylation sites is 1. The number of nitrogens with one attached hydrogen (secondary N) is 1. The molecular formula is C16H27N3. The van der Waals surface area contributed by atoms with Crippen LogP contribution in [-0.2, 0) is 0 Å². The highest BCUT2D eigenvalue weighted by Crippen LogP contribution is 2.26. The maximum atomic E-state index is 3.33. The quantitative estimate of drug-likeness (QED) is 0.898. The van der Waals surface area contributed by atoms with Crippen molar-refractivity contribution in [3.8, 4) is 0 Å². The molecule has 1 aliphatic rings. The highest BCUT2D eigenvalue weighted by molar-refractivity contribution is 5.59. The van der Waals surface area contributed by atoms with Gasteiger partial charge in [-0.25, -0.2) is 0 Å². The van der Waals surface area contributed by atoms with Gasteiger partial charge in [-0.3, -0.25) is 0 Å². The minimum absolute atomic E-state index is 0.589. The molecule has 106 valence electrons. The van der Waals surface area contributed by atoms with Crippen molar-refractivity contribution in [1.82, 2.24) is 10.2 Å². The Hall–Kier alpha value is -1.06. The van der Waals surface area contributed by atoms with Gasteiger partial charge in [-0.05, 0) is 52.0 Å². The second kappa shape index (κ2) is 6.40. The van der Waals surface area contributed by atoms with Crippen molar-refractivity contribution in [3.63, 3.8) is 0 Å². The number of nitrogens with zero attached hydrogens (tertiary/aromatic N) is 2. The number of hydrogen-bond donors (Lipinski definition) is 1. The predicted molar refractivity (Wildman–Crippen MR) is 83.1 cm³/mol. The van der Waals surface area contributed by atoms with Crippen molar-refractivity contribution in [1.29, 1.82) is 0 Å². The van der Waals surface area contributed by atoms with Crippen LogP contribution in [0.3, 0.4) is 0 Å². The maximum Gasteiger partial charge on any atom is 0.0426 e. The highest BCUT2D eigenvalue weighted by Gasteiger charge is 2.23. The molecule has 0 radical (unpaired) electrons. The second-order valence-corrected chi connectivity index (χ2v) is 5.73. The molecule has 1 aromatic carbocycles. The molecule has 19 heavy (non-hydrogen) atoms. The van der Waals surface area contributed by atoms with E-state index >= 15 is 0 Å². The summed E-state index contributed by atoms with van der Waals surface area (Å²) in [7, 11) is 4.29. The van der Waals surface area contributed by atoms with Crippen LogP contribution in [0.15, 0.2) is 18.2 Å². The lowest BCUT2D eigenvalue weighted by Crippen LogP contribution is -2.45. The standard InChI is InChI=1S/C16H27N3/c1-13-7-5-8-14(2)16(13)19-10-6-9-18(4)15(12-19)11-17-3/h5,7-8,15,17H,6,9-12H2,1-4H3. The fourth-order valence-electron chi connectivity index (χ4n) is 3.14. The Morgan fingerprint density at radius 2 is 1.89 bits per heavy atom. The first kappa shape index (κ1) is 14.4. The number of hydrogen-bond acceptors (Lipinski definition) is 3. The molecule has 1 fully saturated rings. The predicted octanol–water partition coefficient (Wildman–Crippen LogP) is 2.03. The molecular weight excluding hydrogens is 234 g/mol. The minimum atomic E-state index is 0.589. The van der Waals surface area contributed by atoms with Gasteiger partial charge in [0, 0.05) is 31.4 Å². The molecule has 1 heterocycles. The normalized spacial score (nSPS) is 21.5. The van der Waals surface area contributed by atoms with E-state index in [1.54, 1.807) is 0 Å². The molecule has 0 aromatic heterocycles. The first-order valence-electron chi connectivity index (χ1n) is 7.29. The van der Waals surface area contributed by atoms with E-state index in [9.17, 15) is 0 Å². The lowest BCUT2D eigenvalue weighted by Gasteiger charge is -2.31. The number of likely N-dealkylation sites (N-methyl/N-ethyl adjacent to an activating group) is 2. The average Bonchev–Trinajstić information content (AvgIpc) is 2.53. The summed E-state index contributed by atoms with van der Waals surface area (Å²) in [4.78, 5) is 5.07. The van der Waals surface area contributed by atoms with Crippen LogP contribution in [0.1, 0.15) is 17.5 Å². The molecule has 0 aliphatic carbocycles. The summed E-state index contributed by atoms with van der Waals surface area (Å²) in [6.45, 7) is 8.97. The number of benzene rings is 1. The summed E-state index contributed by atoms with van der Waals surface area (Å²) in [6.07, 6.45) is 1.24. The van der Waals surface area contributed by atoms with E-state index in [-0.39, 0.29) is 0 Å². The fraction of sp³-hybridized carbons (Fsp3) is 0.625. The molecule has 1 saturated heterocycles. The van der Waals surface area contributed by atoms with E-state index in [1.165, 1.54) is 29.8 Å². The zero-order chi connectivity index (χ0) is 13.8. The number of anilines is 1. The van der Waals surface area contributed by atoms with Crippen LogP contribution in [0.25, 0.3) is 0 Å². The van der Waals surface area contributed by atoms with E-state index in [0.29, 0.717) is 6.04 Å². The van der Waals surface area contributed by atoms with Crippen LogP contribution in [0.4, 0.5) is 5.69 Å². The summed E-state index contributed by atoms with van der Waals surface area (Å²) in [6, 6.07) is 7.20. The van der Waals surface area contributed by atoms with Crippen molar-refractivity contribution in [2.24, 2.45) is 0 Å². The van der Waals surface area contributed by atoms with E-state index in [2.05, 4.69) is 54.2 Å². The van der Waals surface area contributed by atoms with Gasteiger partial charge >= 0.3 is 0 Å². The smallest absolute Gasteiger partial charge is 0.0426 e. The molecule has 3 nitrogen and oxygen atoms in total. The van der Waals surface area contributed by atoms with E-state index < -0.39 is 0 Å². The molecule has 1 aliphatic heterocycles. The molecule has 1 atom stereocenters. The summed E-state index contributed by atoms with van der Waals surface area (Å²) in [5.41, 5.74) is 4.24. The largest absolute Gasteiger partial charge is 0.369 e. The van der Waals surface area contributed by atoms with Crippen LogP contribution >= 0.6 is 0 Å². The van der Waals surface area contributed by atoms with Crippen LogP contribution in [0.5, 0.6) is 0 Å². The fourth-order valence-corrected chi connectivity index (χ4v) is 3.14. The van der Waals surface area contributed by atoms with Gasteiger partial charge in [-0.1, -0.05) is 18.2 Å². The third kappa shape index (κ3) is 3.28. The number of rotatable bonds is 3. The molecule has 3 heteroatoms. The van der Waals surface area contributed by atoms with Crippen LogP contribution < -0.4 is 10.2 Å². The molecule has 0 bridgehead atoms. The molecule has 0 spiro atoms. The SMILES string of the molecule is CNCC1CN(c2c(C)cccc2C)CCCN1C. The second-order valence-electron chi connectivity index (χ2n) is 5.73. The van der Waals surface area contributed by atoms with Crippen molar-refractivity contribution in [2.75, 3.05) is 45.2 Å². The molecule has 1 N–H and O–H groups in total. The molecule has 2 rings (SSSR count). The Balaban J connectivity index is 2.23. The monoisotopic (exact) mass is 261 g/mol. The van der Waals surface area contributed by atoms with Crippen LogP contribution in [0, 0.1) is 13.8 Å². The molecule has 1 unspecified atom stereocenters. The maximum absolute atomic E-state index is 3.33. The first-order valence-corrected chi connectivity index (χ1v) is 7.29. The first-order chi connectivity index (χ1) is 9.13. The van der Waals surface area contributed by atoms with Gasteiger partial charge in [0.15, 0.2) is 0 Å². The summed E-state index contributed by atoms with van der Waals surface area (Å²) < 4.78 is 0. The third-order valence-corrected chi connectivity index (χ3v) is 4.19. The van der Waals surface area contributed by atoms with Gasteiger partial charge in [0.05, 0.1) is 0 Å². The van der Waals surface area contributed by atoms with Gasteiger partial charge in [-0.2, -0.15) is 0 Å². The Labute approximate surface area is 117 Å². The van der Waals surface area contributed by atoms with Gasteiger partial charge in [0.25, 0.3) is 0 Å². The topological polar surface area (TPSA) is 18.5 Å². The van der Waals surface area contributed by atoms with Gasteiger partial charge in [-0.15, -0.1) is 0 Å². The van der Waals surface area contributed by atoms with Crippen molar-refractivity contribution in [2.45, 2.75) is 26.3 Å². The van der Waals surface area contributed by atoms with Crippen molar-refractivity contribution in [3.05, 3.63) is 29.3 Å². The Kier molecular flexibility index (Phi) is 4.83. The third-order valence-electron chi connectivity index (χ3n) is 4.19. The summed E-state index contributed by atoms with van der Waals surface area (Å²) in [5.74, 6) is 0. The Morgan fingerprint density at radius 3 is 2.53 bits per heavy atom. The lowest BCUT2D eigenvalue weighted by molar-refractivity contribution is 0.257. The average molecular weight is 261 g/mol. The van der Waals surface area contributed by atoms with Gasteiger partial charge < -0.3 is 15.1 Å². The molecule has 1 aromatic rings. The summed E-state index contributed by atoms with van der Waals surface area (Å²) >= 11 is 0. The van der Waals surface area contributed by atoms with E-state index in [1.807, 2.05) is 7.05 Å². The van der Waals surface area contributed by atoms with Gasteiger partial charge in [0.2, 0.25) is 0 Å². The van der Waals surface area contributed by atoms with Crippen molar-refractivity contribution >= 4 is 5.69 Å². The Morgan fingerprint density at radius 1 is 1.21 bits per heavy atom.